The van der Waals surface area contributed by atoms with Crippen LogP contribution in [0.25, 0.3) is 0 Å². The maximum atomic E-state index is 10.6. The van der Waals surface area contributed by atoms with Gasteiger partial charge >= 0.3 is 5.97 Å². The van der Waals surface area contributed by atoms with E-state index in [4.69, 9.17) is 47.4 Å². The van der Waals surface area contributed by atoms with Gasteiger partial charge in [0.2, 0.25) is 0 Å². The summed E-state index contributed by atoms with van der Waals surface area (Å²) in [4.78, 5) is 10.6. The monoisotopic (exact) mass is 709 g/mol. The third kappa shape index (κ3) is 47.1. The van der Waals surface area contributed by atoms with E-state index < -0.39 is 0 Å². The summed E-state index contributed by atoms with van der Waals surface area (Å²) in [5, 5.41) is 0. The smallest absolute Gasteiger partial charge is 0.302 e. The van der Waals surface area contributed by atoms with Crippen molar-refractivity contribution in [3.05, 3.63) is 0 Å². The number of hydrogen-bond acceptors (Lipinski definition) is 11. The lowest BCUT2D eigenvalue weighted by Gasteiger charge is -2.09. The summed E-state index contributed by atoms with van der Waals surface area (Å²) in [6, 6.07) is 0. The normalized spacial score (nSPS) is 11.5. The topological polar surface area (TPSA) is 109 Å². The highest BCUT2D eigenvalue weighted by molar-refractivity contribution is 5.65. The summed E-state index contributed by atoms with van der Waals surface area (Å²) >= 11 is 0. The molecule has 0 radical (unpaired) electrons. The third-order valence-electron chi connectivity index (χ3n) is 7.65. The van der Waals surface area contributed by atoms with Crippen LogP contribution in [0.5, 0.6) is 0 Å². The summed E-state index contributed by atoms with van der Waals surface area (Å²) in [6.07, 6.45) is 22.2. The Morgan fingerprint density at radius 3 is 0.735 bits per heavy atom. The molecule has 0 aliphatic rings. The first-order valence-corrected chi connectivity index (χ1v) is 19.6. The molecular weight excluding hydrogens is 632 g/mol. The number of ether oxygens (including phenoxy) is 10. The van der Waals surface area contributed by atoms with Crippen molar-refractivity contribution < 1.29 is 52.2 Å². The van der Waals surface area contributed by atoms with Gasteiger partial charge in [0.25, 0.3) is 0 Å². The molecule has 0 bridgehead atoms. The van der Waals surface area contributed by atoms with Crippen LogP contribution in [0.15, 0.2) is 0 Å². The molecule has 0 aromatic rings. The van der Waals surface area contributed by atoms with Crippen LogP contribution in [0.2, 0.25) is 0 Å². The Labute approximate surface area is 300 Å². The van der Waals surface area contributed by atoms with E-state index in [-0.39, 0.29) is 12.6 Å². The number of carbonyl (C=O) groups is 1. The van der Waals surface area contributed by atoms with Crippen molar-refractivity contribution in [3.63, 3.8) is 0 Å². The lowest BCUT2D eigenvalue weighted by Crippen LogP contribution is -2.15. The second-order valence-electron chi connectivity index (χ2n) is 12.2. The molecule has 0 heterocycles. The van der Waals surface area contributed by atoms with Gasteiger partial charge in [0.15, 0.2) is 0 Å². The zero-order chi connectivity index (χ0) is 35.4. The molecule has 11 heteroatoms. The Hall–Kier alpha value is -0.890. The van der Waals surface area contributed by atoms with Crippen LogP contribution in [0.1, 0.15) is 117 Å². The van der Waals surface area contributed by atoms with Gasteiger partial charge in [-0.3, -0.25) is 4.79 Å². The van der Waals surface area contributed by atoms with Gasteiger partial charge in [0.1, 0.15) is 6.61 Å². The largest absolute Gasteiger partial charge is 0.463 e. The fourth-order valence-electron chi connectivity index (χ4n) is 4.86. The van der Waals surface area contributed by atoms with Crippen LogP contribution < -0.4 is 0 Å². The molecule has 0 amide bonds. The van der Waals surface area contributed by atoms with Crippen LogP contribution in [0, 0.1) is 0 Å². The zero-order valence-electron chi connectivity index (χ0n) is 31.7. The summed E-state index contributed by atoms with van der Waals surface area (Å²) in [5.74, 6) is -0.305. The average molecular weight is 709 g/mol. The van der Waals surface area contributed by atoms with Crippen LogP contribution in [0.3, 0.4) is 0 Å². The Morgan fingerprint density at radius 1 is 0.286 bits per heavy atom. The Balaban J connectivity index is 3.05. The first-order chi connectivity index (χ1) is 24.3. The third-order valence-corrected chi connectivity index (χ3v) is 7.65. The lowest BCUT2D eigenvalue weighted by atomic mass is 10.0. The number of esters is 1. The molecule has 0 spiro atoms. The Morgan fingerprint density at radius 2 is 0.490 bits per heavy atom. The quantitative estimate of drug-likeness (QED) is 0.0484. The second-order valence-corrected chi connectivity index (χ2v) is 12.2. The molecule has 0 aliphatic carbocycles. The van der Waals surface area contributed by atoms with E-state index in [9.17, 15) is 4.79 Å². The molecule has 0 atom stereocenters. The van der Waals surface area contributed by atoms with Crippen molar-refractivity contribution in [3.8, 4) is 0 Å². The summed E-state index contributed by atoms with van der Waals surface area (Å²) in [6.45, 7) is 13.6. The summed E-state index contributed by atoms with van der Waals surface area (Å²) in [5.41, 5.74) is 0. The summed E-state index contributed by atoms with van der Waals surface area (Å²) < 4.78 is 54.1. The highest BCUT2D eigenvalue weighted by Crippen LogP contribution is 2.13. The highest BCUT2D eigenvalue weighted by Gasteiger charge is 1.98. The minimum Gasteiger partial charge on any atom is -0.463 e. The van der Waals surface area contributed by atoms with Crippen molar-refractivity contribution in [2.24, 2.45) is 0 Å². The van der Waals surface area contributed by atoms with E-state index in [2.05, 4.69) is 6.92 Å². The van der Waals surface area contributed by atoms with E-state index in [0.717, 1.165) is 13.0 Å². The minimum absolute atomic E-state index is 0.264. The van der Waals surface area contributed by atoms with Gasteiger partial charge in [0, 0.05) is 13.5 Å². The molecule has 0 unspecified atom stereocenters. The van der Waals surface area contributed by atoms with E-state index in [1.165, 1.54) is 103 Å². The predicted octanol–water partition coefficient (Wildman–Crippen LogP) is 6.96. The summed E-state index contributed by atoms with van der Waals surface area (Å²) in [7, 11) is 0. The number of unbranched alkanes of at least 4 members (excludes halogenated alkanes) is 15. The minimum atomic E-state index is -0.305. The van der Waals surface area contributed by atoms with Crippen molar-refractivity contribution in [1.29, 1.82) is 0 Å². The first-order valence-electron chi connectivity index (χ1n) is 19.6. The molecule has 0 saturated heterocycles. The van der Waals surface area contributed by atoms with E-state index in [1.54, 1.807) is 0 Å². The maximum absolute atomic E-state index is 10.6. The molecule has 0 aromatic heterocycles. The number of hydrogen-bond donors (Lipinski definition) is 0. The molecule has 11 nitrogen and oxygen atoms in total. The second kappa shape index (κ2) is 45.1. The van der Waals surface area contributed by atoms with Gasteiger partial charge in [-0.25, -0.2) is 0 Å². The molecule has 0 rings (SSSR count). The molecule has 294 valence electrons. The molecule has 49 heavy (non-hydrogen) atoms. The Bertz CT molecular complexity index is 612. The van der Waals surface area contributed by atoms with E-state index in [0.29, 0.717) is 112 Å². The van der Waals surface area contributed by atoms with Crippen molar-refractivity contribution in [2.45, 2.75) is 117 Å². The SMILES string of the molecule is CCCCCCCCCCCCCCCCCCOCCOCCOCCOCCOCCOCCOCCOCCOCCOC(C)=O. The molecule has 0 aliphatic heterocycles. The van der Waals surface area contributed by atoms with Crippen molar-refractivity contribution in [1.82, 2.24) is 0 Å². The van der Waals surface area contributed by atoms with Gasteiger partial charge in [-0.1, -0.05) is 103 Å². The standard InChI is InChI=1S/C38H76O11/c1-3-4-5-6-7-8-9-10-11-12-13-14-15-16-17-18-19-40-20-21-41-22-23-42-24-25-43-26-27-44-28-29-45-30-31-46-32-33-47-34-35-48-36-37-49-38(2)39/h3-37H2,1-2H3. The maximum Gasteiger partial charge on any atom is 0.302 e. The Kier molecular flexibility index (Phi) is 44.3. The number of rotatable bonds is 44. The van der Waals surface area contributed by atoms with E-state index in [1.807, 2.05) is 0 Å². The van der Waals surface area contributed by atoms with E-state index >= 15 is 0 Å². The first kappa shape index (κ1) is 48.1. The molecule has 0 N–H and O–H groups in total. The lowest BCUT2D eigenvalue weighted by molar-refractivity contribution is -0.142. The molecular formula is C38H76O11. The highest BCUT2D eigenvalue weighted by atomic mass is 16.6. The van der Waals surface area contributed by atoms with Gasteiger partial charge in [-0.05, 0) is 6.42 Å². The zero-order valence-corrected chi connectivity index (χ0v) is 31.7. The fraction of sp³-hybridized carbons (Fsp3) is 0.974. The average Bonchev–Trinajstić information content (AvgIpc) is 3.10. The molecule has 0 saturated carbocycles. The van der Waals surface area contributed by atoms with Crippen LogP contribution in [0.4, 0.5) is 0 Å². The van der Waals surface area contributed by atoms with Crippen LogP contribution in [-0.2, 0) is 52.2 Å². The van der Waals surface area contributed by atoms with Gasteiger partial charge in [-0.15, -0.1) is 0 Å². The fourth-order valence-corrected chi connectivity index (χ4v) is 4.86. The predicted molar refractivity (Wildman–Crippen MR) is 194 cm³/mol. The molecule has 0 aromatic carbocycles. The van der Waals surface area contributed by atoms with Gasteiger partial charge < -0.3 is 47.4 Å². The van der Waals surface area contributed by atoms with Crippen LogP contribution >= 0.6 is 0 Å². The molecule has 0 fully saturated rings. The van der Waals surface area contributed by atoms with Crippen LogP contribution in [-0.4, -0.2) is 132 Å². The number of carbonyl (C=O) groups excluding carboxylic acids is 1. The van der Waals surface area contributed by atoms with Gasteiger partial charge in [-0.2, -0.15) is 0 Å². The van der Waals surface area contributed by atoms with Crippen molar-refractivity contribution >= 4 is 5.97 Å². The van der Waals surface area contributed by atoms with Crippen molar-refractivity contribution in [2.75, 3.05) is 126 Å². The van der Waals surface area contributed by atoms with Gasteiger partial charge in [0.05, 0.1) is 112 Å².